The first-order chi connectivity index (χ1) is 8.29. The summed E-state index contributed by atoms with van der Waals surface area (Å²) in [6.45, 7) is 0.733. The average molecular weight is 293 g/mol. The molecule has 0 amide bonds. The predicted octanol–water partition coefficient (Wildman–Crippen LogP) is 3.36. The van der Waals surface area contributed by atoms with Crippen molar-refractivity contribution in [3.63, 3.8) is 0 Å². The van der Waals surface area contributed by atoms with Crippen LogP contribution in [0.4, 0.5) is 0 Å². The molecular weight excluding hydrogens is 280 g/mol. The maximum Gasteiger partial charge on any atom is 0.223 e. The number of benzene rings is 1. The van der Waals surface area contributed by atoms with Gasteiger partial charge in [0, 0.05) is 22.8 Å². The summed E-state index contributed by atoms with van der Waals surface area (Å²) in [6, 6.07) is 11.6. The highest BCUT2D eigenvalue weighted by Crippen LogP contribution is 2.25. The Labute approximate surface area is 109 Å². The van der Waals surface area contributed by atoms with Gasteiger partial charge in [-0.2, -0.15) is 0 Å². The van der Waals surface area contributed by atoms with Crippen LogP contribution in [-0.2, 0) is 6.54 Å². The Morgan fingerprint density at radius 2 is 2.18 bits per heavy atom. The van der Waals surface area contributed by atoms with Crippen molar-refractivity contribution in [1.82, 2.24) is 10.3 Å². The van der Waals surface area contributed by atoms with Gasteiger partial charge in [-0.3, -0.25) is 0 Å². The normalized spacial score (nSPS) is 10.2. The topological polar surface area (TPSA) is 34.2 Å². The van der Waals surface area contributed by atoms with Gasteiger partial charge in [0.15, 0.2) is 0 Å². The van der Waals surface area contributed by atoms with Crippen LogP contribution in [0.2, 0.25) is 0 Å². The van der Waals surface area contributed by atoms with Crippen molar-refractivity contribution in [3.8, 4) is 11.6 Å². The molecule has 0 aliphatic rings. The van der Waals surface area contributed by atoms with Gasteiger partial charge in [0.05, 0.1) is 0 Å². The van der Waals surface area contributed by atoms with E-state index in [0.717, 1.165) is 22.3 Å². The summed E-state index contributed by atoms with van der Waals surface area (Å²) in [5.74, 6) is 1.41. The molecule has 0 aliphatic carbocycles. The molecule has 0 fully saturated rings. The molecule has 3 nitrogen and oxygen atoms in total. The van der Waals surface area contributed by atoms with Gasteiger partial charge in [0.1, 0.15) is 5.75 Å². The van der Waals surface area contributed by atoms with Gasteiger partial charge in [-0.15, -0.1) is 0 Å². The Bertz CT molecular complexity index is 502. The first-order valence-electron chi connectivity index (χ1n) is 5.31. The fraction of sp³-hybridized carbons (Fsp3) is 0.154. The SMILES string of the molecule is CNCc1cccnc1Oc1cccc(Br)c1. The van der Waals surface area contributed by atoms with E-state index in [1.54, 1.807) is 6.20 Å². The molecule has 0 aliphatic heterocycles. The summed E-state index contributed by atoms with van der Waals surface area (Å²) in [5, 5.41) is 3.09. The Balaban J connectivity index is 2.23. The molecule has 1 heterocycles. The van der Waals surface area contributed by atoms with Crippen molar-refractivity contribution in [2.24, 2.45) is 0 Å². The number of nitrogens with one attached hydrogen (secondary N) is 1. The molecule has 1 aromatic heterocycles. The van der Waals surface area contributed by atoms with Crippen LogP contribution < -0.4 is 10.1 Å². The second-order valence-electron chi connectivity index (χ2n) is 3.56. The quantitative estimate of drug-likeness (QED) is 0.938. The van der Waals surface area contributed by atoms with E-state index in [-0.39, 0.29) is 0 Å². The Hall–Kier alpha value is -1.39. The van der Waals surface area contributed by atoms with E-state index in [9.17, 15) is 0 Å². The number of aromatic nitrogens is 1. The number of pyridine rings is 1. The lowest BCUT2D eigenvalue weighted by molar-refractivity contribution is 0.454. The molecule has 1 aromatic carbocycles. The molecule has 4 heteroatoms. The summed E-state index contributed by atoms with van der Waals surface area (Å²) < 4.78 is 6.75. The van der Waals surface area contributed by atoms with Crippen LogP contribution in [-0.4, -0.2) is 12.0 Å². The van der Waals surface area contributed by atoms with Crippen LogP contribution in [0.3, 0.4) is 0 Å². The standard InChI is InChI=1S/C13H13BrN2O/c1-15-9-10-4-3-7-16-13(10)17-12-6-2-5-11(14)8-12/h2-8,15H,9H2,1H3. The minimum atomic E-state index is 0.639. The first-order valence-corrected chi connectivity index (χ1v) is 6.11. The van der Waals surface area contributed by atoms with Gasteiger partial charge >= 0.3 is 0 Å². The number of nitrogens with zero attached hydrogens (tertiary/aromatic N) is 1. The molecule has 1 N–H and O–H groups in total. The third-order valence-electron chi connectivity index (χ3n) is 2.23. The Morgan fingerprint density at radius 3 is 2.94 bits per heavy atom. The number of hydrogen-bond donors (Lipinski definition) is 1. The zero-order valence-electron chi connectivity index (χ0n) is 9.48. The minimum Gasteiger partial charge on any atom is -0.439 e. The first kappa shape index (κ1) is 12.1. The van der Waals surface area contributed by atoms with Crippen LogP contribution in [0.15, 0.2) is 47.1 Å². The second kappa shape index (κ2) is 5.80. The summed E-state index contributed by atoms with van der Waals surface area (Å²) in [7, 11) is 1.90. The molecule has 0 spiro atoms. The lowest BCUT2D eigenvalue weighted by atomic mass is 10.2. The molecule has 2 rings (SSSR count). The van der Waals surface area contributed by atoms with Crippen molar-refractivity contribution in [2.75, 3.05) is 7.05 Å². The third kappa shape index (κ3) is 3.28. The summed E-state index contributed by atoms with van der Waals surface area (Å²) >= 11 is 3.41. The monoisotopic (exact) mass is 292 g/mol. The third-order valence-corrected chi connectivity index (χ3v) is 2.72. The summed E-state index contributed by atoms with van der Waals surface area (Å²) in [6.07, 6.45) is 1.73. The van der Waals surface area contributed by atoms with Gasteiger partial charge in [-0.05, 0) is 31.3 Å². The molecule has 2 aromatic rings. The molecule has 88 valence electrons. The predicted molar refractivity (Wildman–Crippen MR) is 71.2 cm³/mol. The zero-order valence-corrected chi connectivity index (χ0v) is 11.1. The highest BCUT2D eigenvalue weighted by atomic mass is 79.9. The fourth-order valence-corrected chi connectivity index (χ4v) is 1.86. The maximum atomic E-state index is 5.76. The van der Waals surface area contributed by atoms with E-state index in [4.69, 9.17) is 4.74 Å². The Kier molecular flexibility index (Phi) is 4.12. The molecule has 17 heavy (non-hydrogen) atoms. The molecule has 0 atom stereocenters. The molecule has 0 unspecified atom stereocenters. The van der Waals surface area contributed by atoms with Crippen LogP contribution in [0.5, 0.6) is 11.6 Å². The van der Waals surface area contributed by atoms with Gasteiger partial charge in [0.25, 0.3) is 0 Å². The largest absolute Gasteiger partial charge is 0.439 e. The number of hydrogen-bond acceptors (Lipinski definition) is 3. The number of halogens is 1. The van der Waals surface area contributed by atoms with E-state index < -0.39 is 0 Å². The molecule has 0 radical (unpaired) electrons. The highest BCUT2D eigenvalue weighted by molar-refractivity contribution is 9.10. The van der Waals surface area contributed by atoms with Gasteiger partial charge < -0.3 is 10.1 Å². The van der Waals surface area contributed by atoms with E-state index in [2.05, 4.69) is 26.2 Å². The number of rotatable bonds is 4. The van der Waals surface area contributed by atoms with Gasteiger partial charge in [-0.25, -0.2) is 4.98 Å². The fourth-order valence-electron chi connectivity index (χ4n) is 1.48. The minimum absolute atomic E-state index is 0.639. The van der Waals surface area contributed by atoms with Crippen molar-refractivity contribution >= 4 is 15.9 Å². The summed E-state index contributed by atoms with van der Waals surface area (Å²) in [5.41, 5.74) is 1.04. The van der Waals surface area contributed by atoms with Crippen LogP contribution in [0.1, 0.15) is 5.56 Å². The molecule has 0 saturated carbocycles. The lowest BCUT2D eigenvalue weighted by Crippen LogP contribution is -2.07. The van der Waals surface area contributed by atoms with Crippen LogP contribution in [0, 0.1) is 0 Å². The molecule has 0 saturated heterocycles. The van der Waals surface area contributed by atoms with Gasteiger partial charge in [-0.1, -0.05) is 28.1 Å². The highest BCUT2D eigenvalue weighted by Gasteiger charge is 2.05. The second-order valence-corrected chi connectivity index (χ2v) is 4.47. The van der Waals surface area contributed by atoms with E-state index in [1.165, 1.54) is 0 Å². The molecule has 0 bridgehead atoms. The van der Waals surface area contributed by atoms with Gasteiger partial charge in [0.2, 0.25) is 5.88 Å². The van der Waals surface area contributed by atoms with Crippen LogP contribution >= 0.6 is 15.9 Å². The lowest BCUT2D eigenvalue weighted by Gasteiger charge is -2.09. The van der Waals surface area contributed by atoms with Crippen molar-refractivity contribution in [1.29, 1.82) is 0 Å². The maximum absolute atomic E-state index is 5.76. The van der Waals surface area contributed by atoms with E-state index >= 15 is 0 Å². The van der Waals surface area contributed by atoms with Crippen molar-refractivity contribution in [2.45, 2.75) is 6.54 Å². The van der Waals surface area contributed by atoms with Crippen molar-refractivity contribution < 1.29 is 4.74 Å². The summed E-state index contributed by atoms with van der Waals surface area (Å²) in [4.78, 5) is 4.24. The van der Waals surface area contributed by atoms with Crippen molar-refractivity contribution in [3.05, 3.63) is 52.6 Å². The zero-order chi connectivity index (χ0) is 12.1. The van der Waals surface area contributed by atoms with E-state index in [1.807, 2.05) is 43.4 Å². The average Bonchev–Trinajstić information content (AvgIpc) is 2.32. The molecular formula is C13H13BrN2O. The smallest absolute Gasteiger partial charge is 0.223 e. The van der Waals surface area contributed by atoms with E-state index in [0.29, 0.717) is 5.88 Å². The Morgan fingerprint density at radius 1 is 1.29 bits per heavy atom. The van der Waals surface area contributed by atoms with Crippen LogP contribution in [0.25, 0.3) is 0 Å². The number of ether oxygens (including phenoxy) is 1.